The van der Waals surface area contributed by atoms with Crippen LogP contribution in [0.15, 0.2) is 54.9 Å². The first kappa shape index (κ1) is 19.4. The summed E-state index contributed by atoms with van der Waals surface area (Å²) in [6, 6.07) is 13.4. The third kappa shape index (κ3) is 4.09. The Labute approximate surface area is 173 Å². The van der Waals surface area contributed by atoms with Crippen molar-refractivity contribution in [3.8, 4) is 0 Å². The highest BCUT2D eigenvalue weighted by atomic mass is 35.5. The zero-order valence-corrected chi connectivity index (χ0v) is 16.7. The SMILES string of the molecule is CNC(=O)CN1Cc2ccc(Cl)cc2[C@H](C(=O)Nc2cncc3ccccc23)C1. The van der Waals surface area contributed by atoms with Crippen LogP contribution >= 0.6 is 11.6 Å². The van der Waals surface area contributed by atoms with Gasteiger partial charge in [-0.05, 0) is 23.3 Å². The van der Waals surface area contributed by atoms with Crippen molar-refractivity contribution >= 4 is 39.9 Å². The van der Waals surface area contributed by atoms with Crippen molar-refractivity contribution in [2.45, 2.75) is 12.5 Å². The van der Waals surface area contributed by atoms with Crippen LogP contribution in [-0.4, -0.2) is 41.8 Å². The molecule has 6 nitrogen and oxygen atoms in total. The molecule has 1 atom stereocenters. The summed E-state index contributed by atoms with van der Waals surface area (Å²) in [7, 11) is 1.61. The summed E-state index contributed by atoms with van der Waals surface area (Å²) >= 11 is 6.21. The molecule has 2 aromatic carbocycles. The Hall–Kier alpha value is -2.96. The summed E-state index contributed by atoms with van der Waals surface area (Å²) in [6.45, 7) is 1.27. The first-order chi connectivity index (χ1) is 14.0. The molecule has 0 unspecified atom stereocenters. The summed E-state index contributed by atoms with van der Waals surface area (Å²) in [4.78, 5) is 31.4. The molecule has 4 rings (SSSR count). The predicted molar refractivity (Wildman–Crippen MR) is 114 cm³/mol. The molecule has 1 aliphatic heterocycles. The standard InChI is InChI=1S/C22H21ClN4O2/c1-24-21(28)13-27-11-15-6-7-16(23)8-18(15)19(12-27)22(29)26-20-10-25-9-14-4-2-3-5-17(14)20/h2-10,19H,11-13H2,1H3,(H,24,28)(H,26,29)/t19-/m1/s1. The fourth-order valence-corrected chi connectivity index (χ4v) is 3.94. The summed E-state index contributed by atoms with van der Waals surface area (Å²) in [5.41, 5.74) is 2.57. The van der Waals surface area contributed by atoms with E-state index in [2.05, 4.69) is 15.6 Å². The van der Waals surface area contributed by atoms with E-state index in [0.717, 1.165) is 21.9 Å². The number of likely N-dealkylation sites (N-methyl/N-ethyl adjacent to an activating group) is 1. The monoisotopic (exact) mass is 408 g/mol. The fourth-order valence-electron chi connectivity index (χ4n) is 3.76. The van der Waals surface area contributed by atoms with Gasteiger partial charge in [0.15, 0.2) is 0 Å². The molecular formula is C22H21ClN4O2. The average Bonchev–Trinajstić information content (AvgIpc) is 2.73. The minimum Gasteiger partial charge on any atom is -0.358 e. The van der Waals surface area contributed by atoms with Crippen molar-refractivity contribution in [2.75, 3.05) is 25.5 Å². The van der Waals surface area contributed by atoms with E-state index in [-0.39, 0.29) is 18.4 Å². The number of nitrogens with one attached hydrogen (secondary N) is 2. The number of benzene rings is 2. The minimum absolute atomic E-state index is 0.0835. The Morgan fingerprint density at radius 1 is 1.21 bits per heavy atom. The molecule has 0 bridgehead atoms. The summed E-state index contributed by atoms with van der Waals surface area (Å²) < 4.78 is 0. The van der Waals surface area contributed by atoms with Crippen molar-refractivity contribution in [3.63, 3.8) is 0 Å². The second-order valence-corrected chi connectivity index (χ2v) is 7.57. The van der Waals surface area contributed by atoms with Crippen molar-refractivity contribution in [3.05, 3.63) is 71.0 Å². The van der Waals surface area contributed by atoms with E-state index in [9.17, 15) is 9.59 Å². The zero-order chi connectivity index (χ0) is 20.4. The third-order valence-corrected chi connectivity index (χ3v) is 5.44. The largest absolute Gasteiger partial charge is 0.358 e. The molecule has 0 radical (unpaired) electrons. The lowest BCUT2D eigenvalue weighted by atomic mass is 9.89. The Bertz CT molecular complexity index is 1080. The lowest BCUT2D eigenvalue weighted by Gasteiger charge is -2.33. The van der Waals surface area contributed by atoms with E-state index in [1.165, 1.54) is 0 Å². The van der Waals surface area contributed by atoms with E-state index in [1.807, 2.05) is 47.4 Å². The summed E-state index contributed by atoms with van der Waals surface area (Å²) in [5, 5.41) is 8.15. The number of hydrogen-bond acceptors (Lipinski definition) is 4. The fraction of sp³-hybridized carbons (Fsp3) is 0.227. The van der Waals surface area contributed by atoms with Crippen LogP contribution in [0.1, 0.15) is 17.0 Å². The number of anilines is 1. The van der Waals surface area contributed by atoms with Gasteiger partial charge in [0.25, 0.3) is 0 Å². The lowest BCUT2D eigenvalue weighted by Crippen LogP contribution is -2.43. The van der Waals surface area contributed by atoms with Gasteiger partial charge in [-0.1, -0.05) is 41.9 Å². The molecule has 0 saturated heterocycles. The number of carbonyl (C=O) groups excluding carboxylic acids is 2. The van der Waals surface area contributed by atoms with E-state index < -0.39 is 5.92 Å². The maximum atomic E-state index is 13.3. The number of amides is 2. The number of nitrogens with zero attached hydrogens (tertiary/aromatic N) is 2. The van der Waals surface area contributed by atoms with Gasteiger partial charge in [0.05, 0.1) is 24.3 Å². The van der Waals surface area contributed by atoms with Crippen LogP contribution in [0.2, 0.25) is 5.02 Å². The van der Waals surface area contributed by atoms with Crippen LogP contribution < -0.4 is 10.6 Å². The first-order valence-corrected chi connectivity index (χ1v) is 9.78. The van der Waals surface area contributed by atoms with Gasteiger partial charge in [-0.25, -0.2) is 0 Å². The van der Waals surface area contributed by atoms with Gasteiger partial charge in [-0.3, -0.25) is 19.5 Å². The van der Waals surface area contributed by atoms with Gasteiger partial charge in [0, 0.05) is 42.1 Å². The van der Waals surface area contributed by atoms with Crippen molar-refractivity contribution in [1.82, 2.24) is 15.2 Å². The third-order valence-electron chi connectivity index (χ3n) is 5.21. The molecule has 1 aromatic heterocycles. The molecule has 148 valence electrons. The van der Waals surface area contributed by atoms with Crippen LogP contribution in [-0.2, 0) is 16.1 Å². The van der Waals surface area contributed by atoms with Crippen LogP contribution in [0.25, 0.3) is 10.8 Å². The van der Waals surface area contributed by atoms with E-state index in [4.69, 9.17) is 11.6 Å². The van der Waals surface area contributed by atoms with Crippen LogP contribution in [0.4, 0.5) is 5.69 Å². The van der Waals surface area contributed by atoms with Crippen molar-refractivity contribution in [1.29, 1.82) is 0 Å². The minimum atomic E-state index is -0.443. The lowest BCUT2D eigenvalue weighted by molar-refractivity contribution is -0.123. The molecular weight excluding hydrogens is 388 g/mol. The number of rotatable bonds is 4. The smallest absolute Gasteiger partial charge is 0.233 e. The topological polar surface area (TPSA) is 74.3 Å². The Morgan fingerprint density at radius 2 is 2.03 bits per heavy atom. The number of carbonyl (C=O) groups is 2. The summed E-state index contributed by atoms with van der Waals surface area (Å²) in [6.07, 6.45) is 3.43. The molecule has 3 aromatic rings. The number of hydrogen-bond donors (Lipinski definition) is 2. The molecule has 0 aliphatic carbocycles. The predicted octanol–water partition coefficient (Wildman–Crippen LogP) is 3.17. The molecule has 29 heavy (non-hydrogen) atoms. The average molecular weight is 409 g/mol. The van der Waals surface area contributed by atoms with E-state index in [0.29, 0.717) is 23.8 Å². The normalized spacial score (nSPS) is 16.3. The van der Waals surface area contributed by atoms with Crippen LogP contribution in [0, 0.1) is 0 Å². The molecule has 0 spiro atoms. The molecule has 0 fully saturated rings. The molecule has 2 heterocycles. The maximum Gasteiger partial charge on any atom is 0.233 e. The number of fused-ring (bicyclic) bond motifs is 2. The number of aromatic nitrogens is 1. The quantitative estimate of drug-likeness (QED) is 0.695. The van der Waals surface area contributed by atoms with Gasteiger partial charge in [0.1, 0.15) is 0 Å². The second kappa shape index (κ2) is 8.19. The molecule has 1 aliphatic rings. The maximum absolute atomic E-state index is 13.3. The van der Waals surface area contributed by atoms with Gasteiger partial charge in [-0.15, -0.1) is 0 Å². The number of pyridine rings is 1. The second-order valence-electron chi connectivity index (χ2n) is 7.14. The van der Waals surface area contributed by atoms with Gasteiger partial charge in [-0.2, -0.15) is 0 Å². The Morgan fingerprint density at radius 3 is 2.86 bits per heavy atom. The van der Waals surface area contributed by atoms with Crippen LogP contribution in [0.5, 0.6) is 0 Å². The van der Waals surface area contributed by atoms with Crippen molar-refractivity contribution in [2.24, 2.45) is 0 Å². The van der Waals surface area contributed by atoms with E-state index in [1.54, 1.807) is 19.4 Å². The van der Waals surface area contributed by atoms with Gasteiger partial charge < -0.3 is 10.6 Å². The highest BCUT2D eigenvalue weighted by Gasteiger charge is 2.31. The molecule has 2 N–H and O–H groups in total. The molecule has 0 saturated carbocycles. The zero-order valence-electron chi connectivity index (χ0n) is 16.0. The Balaban J connectivity index is 1.65. The van der Waals surface area contributed by atoms with Gasteiger partial charge in [0.2, 0.25) is 11.8 Å². The first-order valence-electron chi connectivity index (χ1n) is 9.40. The van der Waals surface area contributed by atoms with E-state index >= 15 is 0 Å². The van der Waals surface area contributed by atoms with Gasteiger partial charge >= 0.3 is 0 Å². The summed E-state index contributed by atoms with van der Waals surface area (Å²) in [5.74, 6) is -0.672. The van der Waals surface area contributed by atoms with Crippen molar-refractivity contribution < 1.29 is 9.59 Å². The highest BCUT2D eigenvalue weighted by molar-refractivity contribution is 6.30. The molecule has 7 heteroatoms. The highest BCUT2D eigenvalue weighted by Crippen LogP contribution is 2.32. The molecule has 2 amide bonds. The van der Waals surface area contributed by atoms with Crippen LogP contribution in [0.3, 0.4) is 0 Å². The Kier molecular flexibility index (Phi) is 5.47. The number of halogens is 1.